The van der Waals surface area contributed by atoms with E-state index in [1.54, 1.807) is 24.3 Å². The van der Waals surface area contributed by atoms with E-state index in [1.807, 2.05) is 13.8 Å². The predicted octanol–water partition coefficient (Wildman–Crippen LogP) is 0.815. The van der Waals surface area contributed by atoms with E-state index < -0.39 is 10.0 Å². The number of nitrogens with one attached hydrogen (secondary N) is 2. The highest BCUT2D eigenvalue weighted by molar-refractivity contribution is 7.89. The Bertz CT molecular complexity index is 538. The van der Waals surface area contributed by atoms with Crippen LogP contribution in [0.3, 0.4) is 0 Å². The Hall–Kier alpha value is -1.44. The fraction of sp³-hybridized carbons (Fsp3) is 0.462. The van der Waals surface area contributed by atoms with Crippen LogP contribution in [-0.4, -0.2) is 32.7 Å². The van der Waals surface area contributed by atoms with Crippen LogP contribution in [0.15, 0.2) is 24.3 Å². The maximum Gasteiger partial charge on any atom is 0.214 e. The summed E-state index contributed by atoms with van der Waals surface area (Å²) < 4.78 is 31.2. The van der Waals surface area contributed by atoms with E-state index in [0.29, 0.717) is 5.56 Å². The average molecular weight is 299 g/mol. The van der Waals surface area contributed by atoms with Gasteiger partial charge in [0.05, 0.1) is 18.5 Å². The summed E-state index contributed by atoms with van der Waals surface area (Å²) in [4.78, 5) is 0. The highest BCUT2D eigenvalue weighted by Gasteiger charge is 2.10. The second-order valence-corrected chi connectivity index (χ2v) is 6.60. The summed E-state index contributed by atoms with van der Waals surface area (Å²) in [6.07, 6.45) is 0.0179. The highest BCUT2D eigenvalue weighted by atomic mass is 32.2. The van der Waals surface area contributed by atoms with Crippen LogP contribution in [-0.2, 0) is 21.3 Å². The second-order valence-electron chi connectivity index (χ2n) is 4.67. The van der Waals surface area contributed by atoms with Crippen molar-refractivity contribution in [3.63, 3.8) is 0 Å². The molecule has 20 heavy (non-hydrogen) atoms. The predicted molar refractivity (Wildman–Crippen MR) is 79.2 cm³/mol. The molecular formula is C13H21N3O3S. The van der Waals surface area contributed by atoms with Crippen LogP contribution in [0.4, 0.5) is 0 Å². The van der Waals surface area contributed by atoms with Gasteiger partial charge in [-0.1, -0.05) is 24.3 Å². The molecule has 0 saturated carbocycles. The van der Waals surface area contributed by atoms with Gasteiger partial charge in [0.15, 0.2) is 0 Å². The number of nitrogen functional groups attached to an aromatic ring is 1. The first-order valence-electron chi connectivity index (χ1n) is 6.32. The minimum Gasteiger partial charge on any atom is -0.384 e. The van der Waals surface area contributed by atoms with Crippen molar-refractivity contribution in [3.05, 3.63) is 35.4 Å². The van der Waals surface area contributed by atoms with Crippen molar-refractivity contribution >= 4 is 15.9 Å². The molecule has 0 fully saturated rings. The van der Waals surface area contributed by atoms with Gasteiger partial charge in [0, 0.05) is 12.1 Å². The first-order chi connectivity index (χ1) is 9.30. The average Bonchev–Trinajstić information content (AvgIpc) is 2.36. The van der Waals surface area contributed by atoms with Crippen molar-refractivity contribution in [2.24, 2.45) is 5.73 Å². The van der Waals surface area contributed by atoms with Gasteiger partial charge in [0.1, 0.15) is 5.84 Å². The number of amidine groups is 1. The SMILES string of the molecule is CC(C)OCCS(=O)(=O)NCc1ccc(C(=N)N)cc1. The van der Waals surface area contributed by atoms with Crippen LogP contribution in [0.1, 0.15) is 25.0 Å². The third-order valence-electron chi connectivity index (χ3n) is 2.56. The van der Waals surface area contributed by atoms with Gasteiger partial charge in [0.25, 0.3) is 0 Å². The van der Waals surface area contributed by atoms with E-state index in [2.05, 4.69) is 4.72 Å². The lowest BCUT2D eigenvalue weighted by atomic mass is 10.1. The van der Waals surface area contributed by atoms with Crippen LogP contribution < -0.4 is 10.5 Å². The van der Waals surface area contributed by atoms with Crippen LogP contribution in [0.25, 0.3) is 0 Å². The smallest absolute Gasteiger partial charge is 0.214 e. The van der Waals surface area contributed by atoms with Gasteiger partial charge in [-0.15, -0.1) is 0 Å². The molecule has 0 unspecified atom stereocenters. The first-order valence-corrected chi connectivity index (χ1v) is 7.97. The molecule has 0 radical (unpaired) electrons. The van der Waals surface area contributed by atoms with Crippen LogP contribution in [0, 0.1) is 5.41 Å². The molecule has 0 saturated heterocycles. The fourth-order valence-corrected chi connectivity index (χ4v) is 2.31. The Kier molecular flexibility index (Phi) is 6.12. The quantitative estimate of drug-likeness (QED) is 0.488. The highest BCUT2D eigenvalue weighted by Crippen LogP contribution is 2.04. The van der Waals surface area contributed by atoms with Crippen molar-refractivity contribution in [2.45, 2.75) is 26.5 Å². The van der Waals surface area contributed by atoms with Crippen LogP contribution >= 0.6 is 0 Å². The summed E-state index contributed by atoms with van der Waals surface area (Å²) >= 11 is 0. The summed E-state index contributed by atoms with van der Waals surface area (Å²) in [6.45, 7) is 4.10. The molecule has 4 N–H and O–H groups in total. The fourth-order valence-electron chi connectivity index (χ4n) is 1.46. The van der Waals surface area contributed by atoms with Crippen molar-refractivity contribution in [2.75, 3.05) is 12.4 Å². The van der Waals surface area contributed by atoms with E-state index in [4.69, 9.17) is 15.9 Å². The Labute approximate surface area is 119 Å². The summed E-state index contributed by atoms with van der Waals surface area (Å²) in [5.74, 6) is -0.0700. The number of ether oxygens (including phenoxy) is 1. The van der Waals surface area contributed by atoms with Crippen LogP contribution in [0.2, 0.25) is 0 Å². The van der Waals surface area contributed by atoms with Crippen LogP contribution in [0.5, 0.6) is 0 Å². The summed E-state index contributed by atoms with van der Waals surface area (Å²) in [7, 11) is -3.34. The van der Waals surface area contributed by atoms with Crippen molar-refractivity contribution < 1.29 is 13.2 Å². The van der Waals surface area contributed by atoms with Gasteiger partial charge in [-0.05, 0) is 19.4 Å². The van der Waals surface area contributed by atoms with Crippen molar-refractivity contribution in [1.29, 1.82) is 5.41 Å². The number of nitrogens with two attached hydrogens (primary N) is 1. The second kappa shape index (κ2) is 7.37. The molecule has 0 aliphatic rings. The molecule has 0 spiro atoms. The molecule has 0 atom stereocenters. The molecule has 1 aromatic rings. The lowest BCUT2D eigenvalue weighted by Gasteiger charge is -2.09. The monoisotopic (exact) mass is 299 g/mol. The molecule has 0 aromatic heterocycles. The van der Waals surface area contributed by atoms with E-state index in [1.165, 1.54) is 0 Å². The zero-order valence-electron chi connectivity index (χ0n) is 11.7. The lowest BCUT2D eigenvalue weighted by Crippen LogP contribution is -2.28. The number of rotatable bonds is 8. The number of hydrogen-bond acceptors (Lipinski definition) is 4. The molecular weight excluding hydrogens is 278 g/mol. The zero-order valence-corrected chi connectivity index (χ0v) is 12.5. The maximum atomic E-state index is 11.7. The molecule has 0 aliphatic carbocycles. The largest absolute Gasteiger partial charge is 0.384 e. The summed E-state index contributed by atoms with van der Waals surface area (Å²) in [6, 6.07) is 6.86. The van der Waals surface area contributed by atoms with Gasteiger partial charge in [0.2, 0.25) is 10.0 Å². The third kappa shape index (κ3) is 6.14. The van der Waals surface area contributed by atoms with Gasteiger partial charge in [-0.2, -0.15) is 0 Å². The molecule has 7 heteroatoms. The Morgan fingerprint density at radius 2 is 1.95 bits per heavy atom. The molecule has 0 amide bonds. The van der Waals surface area contributed by atoms with Gasteiger partial charge < -0.3 is 10.5 Å². The van der Waals surface area contributed by atoms with E-state index >= 15 is 0 Å². The normalized spacial score (nSPS) is 11.8. The molecule has 112 valence electrons. The Morgan fingerprint density at radius 1 is 1.35 bits per heavy atom. The topological polar surface area (TPSA) is 105 Å². The van der Waals surface area contributed by atoms with Crippen molar-refractivity contribution in [3.8, 4) is 0 Å². The minimum absolute atomic E-state index is 0.0111. The molecule has 1 rings (SSSR count). The minimum atomic E-state index is -3.34. The molecule has 0 aliphatic heterocycles. The number of sulfonamides is 1. The lowest BCUT2D eigenvalue weighted by molar-refractivity contribution is 0.0911. The molecule has 1 aromatic carbocycles. The third-order valence-corrected chi connectivity index (χ3v) is 3.85. The Morgan fingerprint density at radius 3 is 2.45 bits per heavy atom. The first kappa shape index (κ1) is 16.6. The number of hydrogen-bond donors (Lipinski definition) is 3. The molecule has 6 nitrogen and oxygen atoms in total. The van der Waals surface area contributed by atoms with Crippen molar-refractivity contribution in [1.82, 2.24) is 4.72 Å². The molecule has 0 bridgehead atoms. The van der Waals surface area contributed by atoms with E-state index in [-0.39, 0.29) is 30.8 Å². The van der Waals surface area contributed by atoms with E-state index in [0.717, 1.165) is 5.56 Å². The molecule has 0 heterocycles. The maximum absolute atomic E-state index is 11.7. The Balaban J connectivity index is 2.47. The van der Waals surface area contributed by atoms with E-state index in [9.17, 15) is 8.42 Å². The number of benzene rings is 1. The zero-order chi connectivity index (χ0) is 15.2. The standard InChI is InChI=1S/C13H21N3O3S/c1-10(2)19-7-8-20(17,18)16-9-11-3-5-12(6-4-11)13(14)15/h3-6,10,16H,7-9H2,1-2H3,(H3,14,15). The van der Waals surface area contributed by atoms with Gasteiger partial charge >= 0.3 is 0 Å². The summed E-state index contributed by atoms with van der Waals surface area (Å²) in [5, 5.41) is 7.27. The summed E-state index contributed by atoms with van der Waals surface area (Å²) in [5.41, 5.74) is 6.77. The van der Waals surface area contributed by atoms with Gasteiger partial charge in [-0.25, -0.2) is 13.1 Å². The van der Waals surface area contributed by atoms with Gasteiger partial charge in [-0.3, -0.25) is 5.41 Å².